The summed E-state index contributed by atoms with van der Waals surface area (Å²) in [6.07, 6.45) is 9.72. The van der Waals surface area contributed by atoms with Gasteiger partial charge in [0.1, 0.15) is 5.75 Å². The molecule has 1 aromatic carbocycles. The molecule has 29 heavy (non-hydrogen) atoms. The predicted molar refractivity (Wildman–Crippen MR) is 118 cm³/mol. The van der Waals surface area contributed by atoms with E-state index in [2.05, 4.69) is 40.1 Å². The fraction of sp³-hybridized carbons (Fsp3) is 0.435. The van der Waals surface area contributed by atoms with Gasteiger partial charge in [-0.1, -0.05) is 12.8 Å². The molecule has 6 heteroatoms. The van der Waals surface area contributed by atoms with Crippen LogP contribution in [0, 0.1) is 0 Å². The van der Waals surface area contributed by atoms with Crippen molar-refractivity contribution in [3.63, 3.8) is 0 Å². The van der Waals surface area contributed by atoms with Gasteiger partial charge in [-0.25, -0.2) is 0 Å². The lowest BCUT2D eigenvalue weighted by Crippen LogP contribution is -2.48. The molecule has 1 aliphatic carbocycles. The molecule has 0 bridgehead atoms. The molecular weight excluding hydrogens is 382 g/mol. The van der Waals surface area contributed by atoms with Gasteiger partial charge in [0.2, 0.25) is 0 Å². The molecule has 1 amide bonds. The molecule has 3 heterocycles. The van der Waals surface area contributed by atoms with Crippen LogP contribution in [0.5, 0.6) is 5.75 Å². The van der Waals surface area contributed by atoms with Gasteiger partial charge in [0.05, 0.1) is 16.7 Å². The van der Waals surface area contributed by atoms with Gasteiger partial charge in [-0.3, -0.25) is 4.79 Å². The van der Waals surface area contributed by atoms with E-state index in [9.17, 15) is 4.79 Å². The van der Waals surface area contributed by atoms with Crippen LogP contribution in [0.4, 0.5) is 5.69 Å². The number of carbonyl (C=O) groups excluding carboxylic acids is 1. The molecule has 5 nitrogen and oxygen atoms in total. The highest BCUT2D eigenvalue weighted by molar-refractivity contribution is 7.20. The van der Waals surface area contributed by atoms with Crippen molar-refractivity contribution in [3.05, 3.63) is 47.6 Å². The Morgan fingerprint density at radius 1 is 1.03 bits per heavy atom. The monoisotopic (exact) mass is 409 g/mol. The first-order valence-electron chi connectivity index (χ1n) is 10.5. The van der Waals surface area contributed by atoms with Crippen LogP contribution in [0.25, 0.3) is 10.1 Å². The lowest BCUT2D eigenvalue weighted by atomic mass is 10.2. The van der Waals surface area contributed by atoms with Crippen LogP contribution in [-0.4, -0.2) is 48.7 Å². The van der Waals surface area contributed by atoms with Gasteiger partial charge in [-0.05, 0) is 43.2 Å². The van der Waals surface area contributed by atoms with E-state index in [0.717, 1.165) is 36.8 Å². The molecule has 1 aliphatic heterocycles. The average molecular weight is 410 g/mol. The normalized spacial score (nSPS) is 18.0. The lowest BCUT2D eigenvalue weighted by Gasteiger charge is -2.36. The molecular formula is C23H27N3O2S. The van der Waals surface area contributed by atoms with Crippen LogP contribution in [0.1, 0.15) is 41.4 Å². The number of anilines is 1. The van der Waals surface area contributed by atoms with Crippen LogP contribution in [0.3, 0.4) is 0 Å². The summed E-state index contributed by atoms with van der Waals surface area (Å²) in [6.45, 7) is 3.23. The van der Waals surface area contributed by atoms with E-state index >= 15 is 0 Å². The van der Waals surface area contributed by atoms with E-state index in [0.29, 0.717) is 6.04 Å². The van der Waals surface area contributed by atoms with Crippen molar-refractivity contribution < 1.29 is 9.53 Å². The first kappa shape index (κ1) is 18.6. The Kier molecular flexibility index (Phi) is 4.96. The highest BCUT2D eigenvalue weighted by Gasteiger charge is 2.24. The molecule has 0 unspecified atom stereocenters. The van der Waals surface area contributed by atoms with E-state index in [1.165, 1.54) is 41.5 Å². The molecule has 0 atom stereocenters. The maximum atomic E-state index is 13.0. The van der Waals surface area contributed by atoms with Crippen LogP contribution in [-0.2, 0) is 0 Å². The molecule has 1 saturated heterocycles. The summed E-state index contributed by atoms with van der Waals surface area (Å²) in [5.41, 5.74) is 1.18. The van der Waals surface area contributed by atoms with E-state index < -0.39 is 0 Å². The van der Waals surface area contributed by atoms with Gasteiger partial charge >= 0.3 is 0 Å². The van der Waals surface area contributed by atoms with Gasteiger partial charge in [-0.2, -0.15) is 0 Å². The molecule has 5 rings (SSSR count). The number of fused-ring (bicyclic) bond motifs is 1. The predicted octanol–water partition coefficient (Wildman–Crippen LogP) is 4.79. The van der Waals surface area contributed by atoms with E-state index in [1.807, 2.05) is 17.0 Å². The Hall–Kier alpha value is -2.47. The zero-order chi connectivity index (χ0) is 19.8. The number of methoxy groups -OCH3 is 1. The largest absolute Gasteiger partial charge is 0.497 e. The highest BCUT2D eigenvalue weighted by Crippen LogP contribution is 2.34. The van der Waals surface area contributed by atoms with E-state index in [4.69, 9.17) is 4.74 Å². The molecule has 0 spiro atoms. The minimum atomic E-state index is 0.174. The standard InChI is InChI=1S/C23H27N3O2S/c1-28-20-8-6-19(7-9-20)24-10-12-25(13-11-24)23(27)21-14-17-15-26(16-22(17)29-21)18-4-2-3-5-18/h6-9,14-16,18H,2-5,10-13H2,1H3. The van der Waals surface area contributed by atoms with Gasteiger partial charge < -0.3 is 19.1 Å². The summed E-state index contributed by atoms with van der Waals surface area (Å²) in [4.78, 5) is 18.2. The van der Waals surface area contributed by atoms with Crippen molar-refractivity contribution in [1.29, 1.82) is 0 Å². The van der Waals surface area contributed by atoms with E-state index in [-0.39, 0.29) is 5.91 Å². The first-order chi connectivity index (χ1) is 14.2. The maximum absolute atomic E-state index is 13.0. The fourth-order valence-electron chi connectivity index (χ4n) is 4.59. The Balaban J connectivity index is 1.23. The Morgan fingerprint density at radius 3 is 2.41 bits per heavy atom. The zero-order valence-electron chi connectivity index (χ0n) is 16.8. The third kappa shape index (κ3) is 3.62. The second-order valence-electron chi connectivity index (χ2n) is 8.05. The smallest absolute Gasteiger partial charge is 0.264 e. The van der Waals surface area contributed by atoms with Crippen LogP contribution in [0.15, 0.2) is 42.7 Å². The highest BCUT2D eigenvalue weighted by atomic mass is 32.1. The maximum Gasteiger partial charge on any atom is 0.264 e. The summed E-state index contributed by atoms with van der Waals surface area (Å²) in [5, 5.41) is 1.21. The van der Waals surface area contributed by atoms with Crippen molar-refractivity contribution in [2.24, 2.45) is 0 Å². The summed E-state index contributed by atoms with van der Waals surface area (Å²) >= 11 is 1.64. The second-order valence-corrected chi connectivity index (χ2v) is 9.13. The molecule has 2 fully saturated rings. The van der Waals surface area contributed by atoms with Crippen LogP contribution in [0.2, 0.25) is 0 Å². The third-order valence-electron chi connectivity index (χ3n) is 6.31. The first-order valence-corrected chi connectivity index (χ1v) is 11.3. The molecule has 2 aromatic heterocycles. The van der Waals surface area contributed by atoms with Crippen LogP contribution < -0.4 is 9.64 Å². The molecule has 0 radical (unpaired) electrons. The number of nitrogens with zero attached hydrogens (tertiary/aromatic N) is 3. The Bertz CT molecular complexity index is 961. The number of benzene rings is 1. The fourth-order valence-corrected chi connectivity index (χ4v) is 5.63. The summed E-state index contributed by atoms with van der Waals surface area (Å²) in [5.74, 6) is 1.04. The Morgan fingerprint density at radius 2 is 1.76 bits per heavy atom. The number of hydrogen-bond acceptors (Lipinski definition) is 4. The topological polar surface area (TPSA) is 37.7 Å². The summed E-state index contributed by atoms with van der Waals surface area (Å²) in [7, 11) is 1.68. The lowest BCUT2D eigenvalue weighted by molar-refractivity contribution is 0.0751. The molecule has 0 N–H and O–H groups in total. The van der Waals surface area contributed by atoms with Crippen molar-refractivity contribution in [1.82, 2.24) is 9.47 Å². The number of rotatable bonds is 4. The SMILES string of the molecule is COc1ccc(N2CCN(C(=O)c3cc4cn(C5CCCC5)cc4s3)CC2)cc1. The van der Waals surface area contributed by atoms with Crippen molar-refractivity contribution >= 4 is 33.0 Å². The number of thiophene rings is 1. The zero-order valence-corrected chi connectivity index (χ0v) is 17.7. The summed E-state index contributed by atoms with van der Waals surface area (Å²) < 4.78 is 8.84. The Labute approximate surface area is 175 Å². The summed E-state index contributed by atoms with van der Waals surface area (Å²) in [6, 6.07) is 10.9. The average Bonchev–Trinajstić information content (AvgIpc) is 3.49. The molecule has 152 valence electrons. The number of amides is 1. The number of ether oxygens (including phenoxy) is 1. The van der Waals surface area contributed by atoms with Crippen molar-refractivity contribution in [2.75, 3.05) is 38.2 Å². The minimum Gasteiger partial charge on any atom is -0.497 e. The quantitative estimate of drug-likeness (QED) is 0.622. The number of piperazine rings is 1. The second kappa shape index (κ2) is 7.75. The minimum absolute atomic E-state index is 0.174. The van der Waals surface area contributed by atoms with Gasteiger partial charge in [0, 0.05) is 55.7 Å². The van der Waals surface area contributed by atoms with Crippen LogP contribution >= 0.6 is 11.3 Å². The molecule has 2 aliphatic rings. The third-order valence-corrected chi connectivity index (χ3v) is 7.38. The van der Waals surface area contributed by atoms with Gasteiger partial charge in [0.15, 0.2) is 0 Å². The molecule has 1 saturated carbocycles. The van der Waals surface area contributed by atoms with E-state index in [1.54, 1.807) is 18.4 Å². The molecule has 3 aromatic rings. The number of carbonyl (C=O) groups is 1. The van der Waals surface area contributed by atoms with Crippen molar-refractivity contribution in [3.8, 4) is 5.75 Å². The van der Waals surface area contributed by atoms with Gasteiger partial charge in [-0.15, -0.1) is 11.3 Å². The number of aromatic nitrogens is 1. The van der Waals surface area contributed by atoms with Crippen molar-refractivity contribution in [2.45, 2.75) is 31.7 Å². The van der Waals surface area contributed by atoms with Gasteiger partial charge in [0.25, 0.3) is 5.91 Å². The number of hydrogen-bond donors (Lipinski definition) is 0.